The third-order valence-electron chi connectivity index (χ3n) is 6.12. The maximum atomic E-state index is 6.07. The number of rotatable bonds is 10. The molecule has 0 amide bonds. The van der Waals surface area contributed by atoms with Crippen molar-refractivity contribution in [1.29, 1.82) is 0 Å². The number of benzene rings is 1. The Morgan fingerprint density at radius 3 is 2.57 bits per heavy atom. The smallest absolute Gasteiger partial charge is 0.268 e. The van der Waals surface area contributed by atoms with E-state index in [1.807, 2.05) is 32.9 Å². The van der Waals surface area contributed by atoms with Gasteiger partial charge >= 0.3 is 0 Å². The van der Waals surface area contributed by atoms with E-state index in [2.05, 4.69) is 41.9 Å². The highest BCUT2D eigenvalue weighted by Gasteiger charge is 2.33. The molecule has 9 heteroatoms. The number of aryl methyl sites for hydroxylation is 2. The van der Waals surface area contributed by atoms with Crippen molar-refractivity contribution in [2.75, 3.05) is 33.4 Å². The van der Waals surface area contributed by atoms with Crippen LogP contribution in [0.25, 0.3) is 22.2 Å². The molecule has 3 heterocycles. The first-order valence-corrected chi connectivity index (χ1v) is 12.8. The number of ether oxygens (including phenoxy) is 4. The second-order valence-electron chi connectivity index (χ2n) is 9.19. The van der Waals surface area contributed by atoms with Crippen LogP contribution >= 0.6 is 11.3 Å². The molecule has 1 aliphatic heterocycles. The molecule has 0 N–H and O–H groups in total. The molecular weight excluding hydrogens is 466 g/mol. The normalized spacial score (nSPS) is 17.3. The van der Waals surface area contributed by atoms with Crippen molar-refractivity contribution in [2.24, 2.45) is 0 Å². The third kappa shape index (κ3) is 5.86. The van der Waals surface area contributed by atoms with Crippen molar-refractivity contribution in [3.63, 3.8) is 0 Å². The van der Waals surface area contributed by atoms with Crippen LogP contribution in [-0.2, 0) is 16.0 Å². The van der Waals surface area contributed by atoms with Gasteiger partial charge in [0.2, 0.25) is 5.82 Å². The van der Waals surface area contributed by atoms with Crippen LogP contribution in [0, 0.1) is 13.8 Å². The fourth-order valence-electron chi connectivity index (χ4n) is 4.10. The van der Waals surface area contributed by atoms with Gasteiger partial charge in [-0.2, -0.15) is 4.98 Å². The molecule has 1 saturated heterocycles. The van der Waals surface area contributed by atoms with Crippen LogP contribution in [0.3, 0.4) is 0 Å². The molecule has 0 aliphatic carbocycles. The minimum Gasteiger partial charge on any atom is -0.493 e. The lowest BCUT2D eigenvalue weighted by Crippen LogP contribution is -2.25. The van der Waals surface area contributed by atoms with Gasteiger partial charge in [-0.25, -0.2) is 0 Å². The van der Waals surface area contributed by atoms with Gasteiger partial charge in [-0.15, -0.1) is 11.3 Å². The number of hydrogen-bond acceptors (Lipinski definition) is 9. The number of aromatic nitrogens is 2. The van der Waals surface area contributed by atoms with E-state index in [9.17, 15) is 0 Å². The topological polar surface area (TPSA) is 79.1 Å². The lowest BCUT2D eigenvalue weighted by molar-refractivity contribution is -0.141. The first-order valence-electron chi connectivity index (χ1n) is 12.0. The summed E-state index contributed by atoms with van der Waals surface area (Å²) in [7, 11) is 1.62. The van der Waals surface area contributed by atoms with Crippen LogP contribution in [-0.4, -0.2) is 60.3 Å². The van der Waals surface area contributed by atoms with Crippen molar-refractivity contribution in [2.45, 2.75) is 60.0 Å². The zero-order valence-corrected chi connectivity index (χ0v) is 22.5. The monoisotopic (exact) mass is 501 g/mol. The fourth-order valence-corrected chi connectivity index (χ4v) is 5.24. The Labute approximate surface area is 211 Å². The summed E-state index contributed by atoms with van der Waals surface area (Å²) in [5.74, 6) is 1.73. The molecular formula is C26H35N3O5S. The highest BCUT2D eigenvalue weighted by molar-refractivity contribution is 7.15. The fraction of sp³-hybridized carbons (Fsp3) is 0.538. The van der Waals surface area contributed by atoms with Gasteiger partial charge in [-0.1, -0.05) is 19.0 Å². The Morgan fingerprint density at radius 2 is 1.91 bits per heavy atom. The molecule has 0 saturated carbocycles. The number of hydrogen-bond donors (Lipinski definition) is 0. The van der Waals surface area contributed by atoms with Crippen molar-refractivity contribution in [3.8, 4) is 33.7 Å². The molecule has 1 aliphatic rings. The van der Waals surface area contributed by atoms with E-state index in [1.54, 1.807) is 18.4 Å². The third-order valence-corrected chi connectivity index (χ3v) is 7.33. The highest BCUT2D eigenvalue weighted by atomic mass is 32.1. The second kappa shape index (κ2) is 10.7. The maximum absolute atomic E-state index is 6.07. The molecule has 4 rings (SSSR count). The molecule has 1 atom stereocenters. The largest absolute Gasteiger partial charge is 0.493 e. The van der Waals surface area contributed by atoms with Crippen LogP contribution in [0.15, 0.2) is 22.7 Å². The predicted molar refractivity (Wildman–Crippen MR) is 136 cm³/mol. The van der Waals surface area contributed by atoms with E-state index in [-0.39, 0.29) is 6.10 Å². The van der Waals surface area contributed by atoms with Gasteiger partial charge in [0.1, 0.15) is 12.7 Å². The van der Waals surface area contributed by atoms with Crippen LogP contribution in [0.4, 0.5) is 0 Å². The Bertz CT molecular complexity index is 1150. The number of nitrogens with zero attached hydrogens (tertiary/aromatic N) is 3. The quantitative estimate of drug-likeness (QED) is 0.362. The average Bonchev–Trinajstić information content (AvgIpc) is 3.54. The lowest BCUT2D eigenvalue weighted by atomic mass is 10.1. The summed E-state index contributed by atoms with van der Waals surface area (Å²) in [5, 5.41) is 4.24. The molecule has 1 aromatic carbocycles. The summed E-state index contributed by atoms with van der Waals surface area (Å²) >= 11 is 1.71. The van der Waals surface area contributed by atoms with E-state index in [1.165, 1.54) is 10.4 Å². The molecule has 2 aromatic heterocycles. The van der Waals surface area contributed by atoms with Gasteiger partial charge in [-0.05, 0) is 70.1 Å². The summed E-state index contributed by atoms with van der Waals surface area (Å²) in [5.41, 5.74) is 2.97. The van der Waals surface area contributed by atoms with Crippen molar-refractivity contribution >= 4 is 11.3 Å². The molecule has 1 unspecified atom stereocenters. The van der Waals surface area contributed by atoms with Gasteiger partial charge in [-0.3, -0.25) is 4.90 Å². The predicted octanol–water partition coefficient (Wildman–Crippen LogP) is 5.46. The summed E-state index contributed by atoms with van der Waals surface area (Å²) in [6, 6.07) is 5.98. The summed E-state index contributed by atoms with van der Waals surface area (Å²) in [6.45, 7) is 16.1. The Kier molecular flexibility index (Phi) is 7.80. The van der Waals surface area contributed by atoms with E-state index in [4.69, 9.17) is 23.5 Å². The summed E-state index contributed by atoms with van der Waals surface area (Å²) < 4.78 is 28.8. The molecule has 3 aromatic rings. The van der Waals surface area contributed by atoms with Crippen LogP contribution < -0.4 is 9.47 Å². The highest BCUT2D eigenvalue weighted by Crippen LogP contribution is 2.37. The van der Waals surface area contributed by atoms with Crippen LogP contribution in [0.5, 0.6) is 11.5 Å². The van der Waals surface area contributed by atoms with E-state index in [0.717, 1.165) is 35.6 Å². The van der Waals surface area contributed by atoms with Crippen molar-refractivity contribution in [1.82, 2.24) is 15.0 Å². The minimum absolute atomic E-state index is 0.130. The minimum atomic E-state index is -0.583. The van der Waals surface area contributed by atoms with Gasteiger partial charge in [0, 0.05) is 17.0 Å². The maximum Gasteiger partial charge on any atom is 0.268 e. The summed E-state index contributed by atoms with van der Waals surface area (Å²) in [4.78, 5) is 9.38. The van der Waals surface area contributed by atoms with Crippen LogP contribution in [0.2, 0.25) is 0 Å². The van der Waals surface area contributed by atoms with Crippen molar-refractivity contribution < 1.29 is 23.5 Å². The zero-order valence-electron chi connectivity index (χ0n) is 21.6. The number of thiophene rings is 1. The van der Waals surface area contributed by atoms with Crippen molar-refractivity contribution in [3.05, 3.63) is 34.2 Å². The first kappa shape index (κ1) is 25.6. The Balaban J connectivity index is 1.51. The second-order valence-corrected chi connectivity index (χ2v) is 10.3. The zero-order chi connectivity index (χ0) is 25.2. The molecule has 190 valence electrons. The van der Waals surface area contributed by atoms with E-state index < -0.39 is 5.79 Å². The average molecular weight is 502 g/mol. The van der Waals surface area contributed by atoms with Gasteiger partial charge in [0.25, 0.3) is 5.89 Å². The lowest BCUT2D eigenvalue weighted by Gasteiger charge is -2.19. The summed E-state index contributed by atoms with van der Waals surface area (Å²) in [6.07, 6.45) is -0.130. The van der Waals surface area contributed by atoms with Crippen LogP contribution in [0.1, 0.15) is 43.7 Å². The molecule has 35 heavy (non-hydrogen) atoms. The van der Waals surface area contributed by atoms with Gasteiger partial charge < -0.3 is 23.5 Å². The molecule has 0 bridgehead atoms. The molecule has 8 nitrogen and oxygen atoms in total. The van der Waals surface area contributed by atoms with Gasteiger partial charge in [0.15, 0.2) is 17.3 Å². The Hall–Kier alpha value is -2.46. The SMILES string of the molecule is CCN(CC)Cc1sc(-c2nc(-c3cc(C)c(OCC4COC(C)(C)O4)c(OC)c3)no2)cc1C. The number of methoxy groups -OCH3 is 1. The Morgan fingerprint density at radius 1 is 1.14 bits per heavy atom. The molecule has 0 radical (unpaired) electrons. The first-order chi connectivity index (χ1) is 16.7. The van der Waals surface area contributed by atoms with Gasteiger partial charge in [0.05, 0.1) is 18.6 Å². The standard InChI is InChI=1S/C26H35N3O5S/c1-8-29(9-2)13-22-16(3)11-21(35-22)25-27-24(28-34-25)18-10-17(4)23(20(12-18)30-7)31-14-19-15-32-26(5,6)33-19/h10-12,19H,8-9,13-15H2,1-7H3. The molecule has 0 spiro atoms. The molecule has 1 fully saturated rings. The van der Waals surface area contributed by atoms with E-state index in [0.29, 0.717) is 36.4 Å². The van der Waals surface area contributed by atoms with E-state index >= 15 is 0 Å².